The van der Waals surface area contributed by atoms with E-state index in [0.717, 1.165) is 33.4 Å². The van der Waals surface area contributed by atoms with E-state index in [1.165, 1.54) is 0 Å². The number of benzene rings is 1. The second-order valence-electron chi connectivity index (χ2n) is 6.73. The third-order valence-corrected chi connectivity index (χ3v) is 6.26. The molecule has 0 saturated carbocycles. The lowest BCUT2D eigenvalue weighted by molar-refractivity contribution is -0.150. The highest BCUT2D eigenvalue weighted by molar-refractivity contribution is 7.86. The van der Waals surface area contributed by atoms with Crippen molar-refractivity contribution in [3.8, 4) is 0 Å². The zero-order chi connectivity index (χ0) is 20.2. The third-order valence-electron chi connectivity index (χ3n) is 5.41. The molecule has 8 heteroatoms. The standard InChI is InChI=1S/C18H22F2O5S/c1-8-9(2)11(4)15-14(10(8)3)12(5)13(6)16(15)17(21)25-7-18(19,20)26(22,23)24/h16H,7H2,1-6H3,(H,22,23,24)/p-1. The number of fused-ring (bicyclic) bond motifs is 1. The molecule has 1 aliphatic carbocycles. The molecule has 1 aliphatic rings. The Balaban J connectivity index is 2.47. The molecule has 26 heavy (non-hydrogen) atoms. The maximum absolute atomic E-state index is 13.3. The first-order valence-electron chi connectivity index (χ1n) is 8.00. The van der Waals surface area contributed by atoms with Gasteiger partial charge in [0.05, 0.1) is 0 Å². The van der Waals surface area contributed by atoms with Gasteiger partial charge in [-0.05, 0) is 80.5 Å². The maximum Gasteiger partial charge on any atom is 0.367 e. The number of esters is 1. The quantitative estimate of drug-likeness (QED) is 0.583. The average molecular weight is 387 g/mol. The number of hydrogen-bond donors (Lipinski definition) is 0. The van der Waals surface area contributed by atoms with Crippen molar-refractivity contribution < 1.29 is 31.3 Å². The van der Waals surface area contributed by atoms with Crippen molar-refractivity contribution in [1.82, 2.24) is 0 Å². The molecule has 1 atom stereocenters. The van der Waals surface area contributed by atoms with Crippen molar-refractivity contribution in [3.05, 3.63) is 39.0 Å². The van der Waals surface area contributed by atoms with Crippen molar-refractivity contribution in [2.45, 2.75) is 52.7 Å². The minimum absolute atomic E-state index is 0.662. The van der Waals surface area contributed by atoms with Crippen LogP contribution in [0.2, 0.25) is 0 Å². The first-order chi connectivity index (χ1) is 11.7. The van der Waals surface area contributed by atoms with Crippen molar-refractivity contribution in [2.75, 3.05) is 6.61 Å². The Hall–Kier alpha value is -1.80. The second-order valence-corrected chi connectivity index (χ2v) is 8.23. The van der Waals surface area contributed by atoms with E-state index in [0.29, 0.717) is 11.1 Å². The summed E-state index contributed by atoms with van der Waals surface area (Å²) in [5.74, 6) is -1.89. The normalized spacial score (nSPS) is 17.5. The Kier molecular flexibility index (Phi) is 5.07. The van der Waals surface area contributed by atoms with Crippen LogP contribution >= 0.6 is 0 Å². The van der Waals surface area contributed by atoms with Gasteiger partial charge in [0.25, 0.3) is 0 Å². The van der Waals surface area contributed by atoms with E-state index in [2.05, 4.69) is 4.74 Å². The third kappa shape index (κ3) is 3.05. The van der Waals surface area contributed by atoms with Gasteiger partial charge in [0.1, 0.15) is 5.92 Å². The van der Waals surface area contributed by atoms with Crippen LogP contribution in [0.5, 0.6) is 0 Å². The van der Waals surface area contributed by atoms with Crippen molar-refractivity contribution in [1.29, 1.82) is 0 Å². The lowest BCUT2D eigenvalue weighted by Gasteiger charge is -2.23. The molecule has 1 aromatic carbocycles. The first-order valence-corrected chi connectivity index (χ1v) is 9.41. The highest BCUT2D eigenvalue weighted by atomic mass is 32.2. The van der Waals surface area contributed by atoms with Crippen molar-refractivity contribution in [2.24, 2.45) is 0 Å². The van der Waals surface area contributed by atoms with Crippen LogP contribution < -0.4 is 0 Å². The van der Waals surface area contributed by atoms with Crippen molar-refractivity contribution in [3.63, 3.8) is 0 Å². The zero-order valence-electron chi connectivity index (χ0n) is 15.5. The lowest BCUT2D eigenvalue weighted by Crippen LogP contribution is -2.35. The monoisotopic (exact) mass is 387 g/mol. The van der Waals surface area contributed by atoms with Gasteiger partial charge in [-0.25, -0.2) is 8.42 Å². The summed E-state index contributed by atoms with van der Waals surface area (Å²) in [5, 5.41) is -4.66. The molecule has 0 heterocycles. The summed E-state index contributed by atoms with van der Waals surface area (Å²) in [6.45, 7) is 9.45. The predicted octanol–water partition coefficient (Wildman–Crippen LogP) is 3.49. The van der Waals surface area contributed by atoms with Gasteiger partial charge < -0.3 is 9.29 Å². The molecule has 1 aromatic rings. The van der Waals surface area contributed by atoms with Crippen LogP contribution in [0.25, 0.3) is 5.57 Å². The van der Waals surface area contributed by atoms with E-state index in [4.69, 9.17) is 0 Å². The van der Waals surface area contributed by atoms with Gasteiger partial charge in [0, 0.05) is 0 Å². The van der Waals surface area contributed by atoms with Crippen LogP contribution in [0.15, 0.2) is 5.57 Å². The van der Waals surface area contributed by atoms with Crippen LogP contribution in [0, 0.1) is 27.7 Å². The summed E-state index contributed by atoms with van der Waals surface area (Å²) in [5.41, 5.74) is 7.07. The number of halogens is 2. The van der Waals surface area contributed by atoms with Crippen LogP contribution in [-0.2, 0) is 19.6 Å². The van der Waals surface area contributed by atoms with Gasteiger partial charge in [-0.15, -0.1) is 0 Å². The first kappa shape index (κ1) is 20.5. The Morgan fingerprint density at radius 3 is 2.04 bits per heavy atom. The minimum atomic E-state index is -5.91. The van der Waals surface area contributed by atoms with Gasteiger partial charge in [-0.2, -0.15) is 8.78 Å². The molecule has 0 N–H and O–H groups in total. The molecule has 0 saturated heterocycles. The summed E-state index contributed by atoms with van der Waals surface area (Å²) in [4.78, 5) is 12.5. The molecule has 0 amide bonds. The molecule has 1 unspecified atom stereocenters. The molecule has 0 radical (unpaired) electrons. The molecule has 0 bridgehead atoms. The van der Waals surface area contributed by atoms with Crippen LogP contribution in [0.4, 0.5) is 8.78 Å². The number of ether oxygens (including phenoxy) is 1. The van der Waals surface area contributed by atoms with E-state index in [1.807, 2.05) is 34.6 Å². The summed E-state index contributed by atoms with van der Waals surface area (Å²) in [7, 11) is -5.91. The number of carbonyl (C=O) groups excluding carboxylic acids is 1. The Labute approximate surface area is 151 Å². The largest absolute Gasteiger partial charge is 0.743 e. The number of hydrogen-bond acceptors (Lipinski definition) is 5. The van der Waals surface area contributed by atoms with Gasteiger partial charge in [-0.3, -0.25) is 4.79 Å². The van der Waals surface area contributed by atoms with E-state index < -0.39 is 33.9 Å². The minimum Gasteiger partial charge on any atom is -0.743 e. The van der Waals surface area contributed by atoms with E-state index >= 15 is 0 Å². The Morgan fingerprint density at radius 1 is 1.04 bits per heavy atom. The van der Waals surface area contributed by atoms with Gasteiger partial charge in [0.2, 0.25) is 0 Å². The second kappa shape index (κ2) is 6.42. The average Bonchev–Trinajstić information content (AvgIpc) is 2.79. The molecule has 144 valence electrons. The molecule has 0 aliphatic heterocycles. The summed E-state index contributed by atoms with van der Waals surface area (Å²) < 4.78 is 62.9. The van der Waals surface area contributed by atoms with Gasteiger partial charge in [0.15, 0.2) is 16.7 Å². The molecule has 5 nitrogen and oxygen atoms in total. The van der Waals surface area contributed by atoms with E-state index in [-0.39, 0.29) is 0 Å². The SMILES string of the molecule is CC1=C(C)C(C(=O)OCC(F)(F)S(=O)(=O)[O-])c2c(C)c(C)c(C)c(C)c21. The number of carbonyl (C=O) groups is 1. The van der Waals surface area contributed by atoms with Crippen LogP contribution in [0.1, 0.15) is 53.1 Å². The molecule has 0 fully saturated rings. The van der Waals surface area contributed by atoms with Crippen molar-refractivity contribution >= 4 is 21.7 Å². The zero-order valence-corrected chi connectivity index (χ0v) is 16.3. The summed E-state index contributed by atoms with van der Waals surface area (Å²) in [6, 6.07) is 0. The molecule has 2 rings (SSSR count). The lowest BCUT2D eigenvalue weighted by atomic mass is 9.85. The molecular formula is C18H21F2O5S-. The van der Waals surface area contributed by atoms with Crippen LogP contribution in [0.3, 0.4) is 0 Å². The van der Waals surface area contributed by atoms with E-state index in [1.54, 1.807) is 6.92 Å². The molecule has 0 spiro atoms. The summed E-state index contributed by atoms with van der Waals surface area (Å²) in [6.07, 6.45) is 0. The van der Waals surface area contributed by atoms with Crippen LogP contribution in [-0.4, -0.2) is 30.8 Å². The Morgan fingerprint density at radius 2 is 1.54 bits per heavy atom. The number of rotatable bonds is 4. The highest BCUT2D eigenvalue weighted by Crippen LogP contribution is 2.47. The molecular weight excluding hydrogens is 366 g/mol. The van der Waals surface area contributed by atoms with Gasteiger partial charge >= 0.3 is 11.2 Å². The fourth-order valence-corrected chi connectivity index (χ4v) is 3.62. The smallest absolute Gasteiger partial charge is 0.367 e. The predicted molar refractivity (Wildman–Crippen MR) is 92.0 cm³/mol. The Bertz CT molecular complexity index is 930. The molecule has 0 aromatic heterocycles. The fraction of sp³-hybridized carbons (Fsp3) is 0.500. The van der Waals surface area contributed by atoms with E-state index in [9.17, 15) is 26.5 Å². The highest BCUT2D eigenvalue weighted by Gasteiger charge is 2.42. The number of alkyl halides is 2. The summed E-state index contributed by atoms with van der Waals surface area (Å²) >= 11 is 0. The number of allylic oxidation sites excluding steroid dienone is 1. The fourth-order valence-electron chi connectivity index (χ4n) is 3.42. The van der Waals surface area contributed by atoms with Gasteiger partial charge in [-0.1, -0.05) is 5.57 Å². The maximum atomic E-state index is 13.3. The topological polar surface area (TPSA) is 83.5 Å².